The summed E-state index contributed by atoms with van der Waals surface area (Å²) in [6, 6.07) is 2.43. The summed E-state index contributed by atoms with van der Waals surface area (Å²) in [7, 11) is -3.24. The highest BCUT2D eigenvalue weighted by atomic mass is 79.9. The molecule has 1 aromatic carbocycles. The molecule has 0 unspecified atom stereocenters. The van der Waals surface area contributed by atoms with E-state index in [1.54, 1.807) is 0 Å². The lowest BCUT2D eigenvalue weighted by Crippen LogP contribution is -2.16. The highest BCUT2D eigenvalue weighted by Gasteiger charge is 2.24. The van der Waals surface area contributed by atoms with E-state index in [1.165, 1.54) is 0 Å². The molecule has 1 aromatic heterocycles. The Balaban J connectivity index is 2.49. The zero-order valence-electron chi connectivity index (χ0n) is 10.9. The van der Waals surface area contributed by atoms with E-state index in [1.807, 2.05) is 4.72 Å². The summed E-state index contributed by atoms with van der Waals surface area (Å²) >= 11 is 2.65. The zero-order valence-corrected chi connectivity index (χ0v) is 13.3. The third-order valence-corrected chi connectivity index (χ3v) is 4.63. The Hall–Kier alpha value is -1.81. The second kappa shape index (κ2) is 6.13. The number of ether oxygens (including phenoxy) is 1. The number of methoxy groups -OCH3 is 1. The van der Waals surface area contributed by atoms with Crippen molar-refractivity contribution in [1.82, 2.24) is 4.98 Å². The summed E-state index contributed by atoms with van der Waals surface area (Å²) < 4.78 is 70.7. The van der Waals surface area contributed by atoms with E-state index in [2.05, 4.69) is 20.9 Å². The van der Waals surface area contributed by atoms with Gasteiger partial charge in [0.15, 0.2) is 10.7 Å². The highest BCUT2D eigenvalue weighted by molar-refractivity contribution is 9.10. The molecule has 0 atom stereocenters. The third-order valence-electron chi connectivity index (χ3n) is 2.55. The molecule has 0 saturated heterocycles. The molecule has 0 amide bonds. The van der Waals surface area contributed by atoms with Crippen molar-refractivity contribution < 1.29 is 26.3 Å². The Kier molecular flexibility index (Phi) is 4.61. The van der Waals surface area contributed by atoms with Gasteiger partial charge in [0.2, 0.25) is 5.88 Å². The maximum absolute atomic E-state index is 13.8. The fourth-order valence-corrected chi connectivity index (χ4v) is 3.09. The Labute approximate surface area is 132 Å². The van der Waals surface area contributed by atoms with Crippen molar-refractivity contribution in [3.63, 3.8) is 0 Å². The van der Waals surface area contributed by atoms with E-state index in [0.29, 0.717) is 6.07 Å². The van der Waals surface area contributed by atoms with Gasteiger partial charge in [0.25, 0.3) is 10.0 Å². The van der Waals surface area contributed by atoms with Gasteiger partial charge >= 0.3 is 0 Å². The van der Waals surface area contributed by atoms with Crippen molar-refractivity contribution >= 4 is 31.6 Å². The van der Waals surface area contributed by atoms with E-state index in [-0.39, 0.29) is 5.88 Å². The van der Waals surface area contributed by atoms with Gasteiger partial charge in [-0.05, 0) is 28.1 Å². The van der Waals surface area contributed by atoms with Gasteiger partial charge < -0.3 is 4.74 Å². The van der Waals surface area contributed by atoms with Gasteiger partial charge in [0.1, 0.15) is 11.6 Å². The van der Waals surface area contributed by atoms with Crippen molar-refractivity contribution in [3.05, 3.63) is 46.3 Å². The fourth-order valence-electron chi connectivity index (χ4n) is 1.56. The molecule has 0 radical (unpaired) electrons. The van der Waals surface area contributed by atoms with Crippen LogP contribution in [-0.2, 0) is 10.0 Å². The summed E-state index contributed by atoms with van der Waals surface area (Å²) in [5, 5.41) is 0. The molecule has 0 aliphatic rings. The van der Waals surface area contributed by atoms with Crippen LogP contribution in [0.3, 0.4) is 0 Å². The van der Waals surface area contributed by atoms with Gasteiger partial charge in [-0.25, -0.2) is 26.6 Å². The normalized spacial score (nSPS) is 11.3. The van der Waals surface area contributed by atoms with Gasteiger partial charge in [0.05, 0.1) is 23.5 Å². The van der Waals surface area contributed by atoms with Gasteiger partial charge in [0, 0.05) is 6.07 Å². The van der Waals surface area contributed by atoms with Crippen molar-refractivity contribution in [2.75, 3.05) is 11.8 Å². The minimum Gasteiger partial charge on any atom is -0.480 e. The molecule has 5 nitrogen and oxygen atoms in total. The molecule has 2 aromatic rings. The van der Waals surface area contributed by atoms with Crippen molar-refractivity contribution in [2.24, 2.45) is 0 Å². The van der Waals surface area contributed by atoms with E-state index >= 15 is 0 Å². The van der Waals surface area contributed by atoms with Crippen LogP contribution in [0.15, 0.2) is 33.8 Å². The number of halogens is 4. The molecule has 118 valence electrons. The van der Waals surface area contributed by atoms with Crippen molar-refractivity contribution in [1.29, 1.82) is 0 Å². The quantitative estimate of drug-likeness (QED) is 0.806. The Morgan fingerprint density at radius 1 is 1.27 bits per heavy atom. The summed E-state index contributed by atoms with van der Waals surface area (Å²) in [5.41, 5.74) is -0.514. The summed E-state index contributed by atoms with van der Waals surface area (Å²) in [6.45, 7) is 0. The first-order valence-electron chi connectivity index (χ1n) is 5.62. The van der Waals surface area contributed by atoms with E-state index < -0.39 is 42.5 Å². The van der Waals surface area contributed by atoms with Crippen LogP contribution in [0.5, 0.6) is 5.88 Å². The fraction of sp³-hybridized carbons (Fsp3) is 0.0833. The van der Waals surface area contributed by atoms with Crippen LogP contribution in [0.25, 0.3) is 0 Å². The van der Waals surface area contributed by atoms with Crippen LogP contribution in [0.4, 0.5) is 18.9 Å². The molecule has 10 heteroatoms. The zero-order chi connectivity index (χ0) is 16.5. The van der Waals surface area contributed by atoms with Gasteiger partial charge in [-0.3, -0.25) is 4.72 Å². The molecule has 0 saturated carbocycles. The maximum atomic E-state index is 13.8. The number of benzene rings is 1. The first-order chi connectivity index (χ1) is 10.3. The number of nitrogens with one attached hydrogen (secondary N) is 1. The summed E-state index contributed by atoms with van der Waals surface area (Å²) in [5.74, 6) is -3.32. The van der Waals surface area contributed by atoms with Crippen LogP contribution in [-0.4, -0.2) is 20.5 Å². The first-order valence-corrected chi connectivity index (χ1v) is 7.89. The number of nitrogens with zero attached hydrogens (tertiary/aromatic N) is 1. The van der Waals surface area contributed by atoms with Crippen LogP contribution >= 0.6 is 15.9 Å². The number of aromatic nitrogens is 1. The van der Waals surface area contributed by atoms with E-state index in [4.69, 9.17) is 4.74 Å². The van der Waals surface area contributed by atoms with Crippen LogP contribution in [0.1, 0.15) is 0 Å². The average Bonchev–Trinajstić information content (AvgIpc) is 2.48. The topological polar surface area (TPSA) is 68.3 Å². The Morgan fingerprint density at radius 2 is 1.95 bits per heavy atom. The molecular weight excluding hydrogens is 389 g/mol. The molecule has 0 aliphatic heterocycles. The third kappa shape index (κ3) is 3.17. The SMILES string of the molecule is COc1ncc(F)cc1S(=O)(=O)Nc1ccc(F)c(Br)c1F. The minimum atomic E-state index is -4.39. The van der Waals surface area contributed by atoms with Crippen molar-refractivity contribution in [3.8, 4) is 5.88 Å². The molecule has 0 fully saturated rings. The number of hydrogen-bond donors (Lipinski definition) is 1. The lowest BCUT2D eigenvalue weighted by molar-refractivity contribution is 0.382. The molecule has 22 heavy (non-hydrogen) atoms. The van der Waals surface area contributed by atoms with E-state index in [9.17, 15) is 21.6 Å². The summed E-state index contributed by atoms with van der Waals surface area (Å²) in [4.78, 5) is 2.86. The largest absolute Gasteiger partial charge is 0.480 e. The highest BCUT2D eigenvalue weighted by Crippen LogP contribution is 2.29. The predicted octanol–water partition coefficient (Wildman–Crippen LogP) is 3.07. The molecule has 0 bridgehead atoms. The van der Waals surface area contributed by atoms with Crippen LogP contribution < -0.4 is 9.46 Å². The van der Waals surface area contributed by atoms with Crippen LogP contribution in [0.2, 0.25) is 0 Å². The predicted molar refractivity (Wildman–Crippen MR) is 75.6 cm³/mol. The molecule has 0 spiro atoms. The first kappa shape index (κ1) is 16.6. The number of hydrogen-bond acceptors (Lipinski definition) is 4. The number of pyridine rings is 1. The minimum absolute atomic E-state index is 0.365. The van der Waals surface area contributed by atoms with Gasteiger partial charge in [-0.1, -0.05) is 0 Å². The lowest BCUT2D eigenvalue weighted by atomic mass is 10.3. The smallest absolute Gasteiger partial charge is 0.267 e. The molecule has 1 N–H and O–H groups in total. The Morgan fingerprint density at radius 3 is 2.59 bits per heavy atom. The molecule has 2 rings (SSSR count). The standard InChI is InChI=1S/C12H8BrF3N2O3S/c1-21-12-9(4-6(14)5-17-12)22(19,20)18-8-3-2-7(15)10(13)11(8)16/h2-5,18H,1H3. The van der Waals surface area contributed by atoms with Gasteiger partial charge in [-0.15, -0.1) is 0 Å². The molecular formula is C12H8BrF3N2O3S. The Bertz CT molecular complexity index is 831. The lowest BCUT2D eigenvalue weighted by Gasteiger charge is -2.12. The second-order valence-electron chi connectivity index (χ2n) is 3.99. The maximum Gasteiger partial charge on any atom is 0.267 e. The average molecular weight is 397 g/mol. The van der Waals surface area contributed by atoms with Crippen LogP contribution in [0, 0.1) is 17.5 Å². The summed E-state index contributed by atoms with van der Waals surface area (Å²) in [6.07, 6.45) is 0.771. The number of anilines is 1. The molecule has 0 aliphatic carbocycles. The monoisotopic (exact) mass is 396 g/mol. The number of sulfonamides is 1. The van der Waals surface area contributed by atoms with Gasteiger partial charge in [-0.2, -0.15) is 0 Å². The molecule has 1 heterocycles. The second-order valence-corrected chi connectivity index (χ2v) is 6.43. The van der Waals surface area contributed by atoms with Crippen molar-refractivity contribution in [2.45, 2.75) is 4.90 Å². The number of rotatable bonds is 4. The van der Waals surface area contributed by atoms with E-state index in [0.717, 1.165) is 25.4 Å².